The van der Waals surface area contributed by atoms with Crippen LogP contribution in [0.3, 0.4) is 0 Å². The molecule has 0 saturated carbocycles. The first-order valence-electron chi connectivity index (χ1n) is 13.1. The summed E-state index contributed by atoms with van der Waals surface area (Å²) in [5, 5.41) is 14.2. The van der Waals surface area contributed by atoms with E-state index in [0.29, 0.717) is 11.1 Å². The van der Waals surface area contributed by atoms with E-state index in [4.69, 9.17) is 4.74 Å². The van der Waals surface area contributed by atoms with Crippen molar-refractivity contribution in [3.8, 4) is 6.07 Å². The highest BCUT2D eigenvalue weighted by atomic mass is 16.5. The van der Waals surface area contributed by atoms with Gasteiger partial charge in [0.05, 0.1) is 28.8 Å². The molecule has 1 N–H and O–H groups in total. The van der Waals surface area contributed by atoms with Crippen molar-refractivity contribution in [1.29, 1.82) is 5.26 Å². The minimum atomic E-state index is 0.129. The number of aromatic nitrogens is 1. The number of nitrogens with zero attached hydrogens (tertiary/aromatic N) is 5. The van der Waals surface area contributed by atoms with Gasteiger partial charge in [0.2, 0.25) is 0 Å². The van der Waals surface area contributed by atoms with Crippen molar-refractivity contribution in [1.82, 2.24) is 15.2 Å². The Morgan fingerprint density at radius 2 is 1.97 bits per heavy atom. The molecule has 4 aliphatic heterocycles. The molecule has 0 unspecified atom stereocenters. The van der Waals surface area contributed by atoms with E-state index in [1.165, 1.54) is 29.8 Å². The third-order valence-electron chi connectivity index (χ3n) is 8.43. The number of morpholine rings is 1. The van der Waals surface area contributed by atoms with E-state index in [1.807, 2.05) is 12.1 Å². The molecule has 4 aliphatic rings. The minimum absolute atomic E-state index is 0.129. The zero-order valence-electron chi connectivity index (χ0n) is 20.8. The number of fused-ring (bicyclic) bond motifs is 2. The summed E-state index contributed by atoms with van der Waals surface area (Å²) in [6.45, 7) is 10.2. The maximum Gasteiger partial charge on any atom is 0.101 e. The Labute approximate surface area is 212 Å². The van der Waals surface area contributed by atoms with E-state index >= 15 is 0 Å². The summed E-state index contributed by atoms with van der Waals surface area (Å²) in [6, 6.07) is 17.3. The predicted molar refractivity (Wildman–Crippen MR) is 141 cm³/mol. The molecule has 7 heteroatoms. The summed E-state index contributed by atoms with van der Waals surface area (Å²) in [5.41, 5.74) is 7.21. The van der Waals surface area contributed by atoms with E-state index in [1.54, 1.807) is 6.20 Å². The van der Waals surface area contributed by atoms with Crippen LogP contribution in [0.15, 0.2) is 48.7 Å². The summed E-state index contributed by atoms with van der Waals surface area (Å²) in [7, 11) is 0. The van der Waals surface area contributed by atoms with Crippen LogP contribution < -0.4 is 15.1 Å². The molecule has 0 aliphatic carbocycles. The fraction of sp³-hybridized carbons (Fsp3) is 0.448. The molecular weight excluding hydrogens is 448 g/mol. The number of nitrogens with one attached hydrogen (secondary N) is 1. The fourth-order valence-electron chi connectivity index (χ4n) is 6.55. The molecule has 1 aromatic heterocycles. The topological polar surface area (TPSA) is 67.7 Å². The third-order valence-corrected chi connectivity index (χ3v) is 8.43. The Bertz CT molecular complexity index is 1350. The second-order valence-corrected chi connectivity index (χ2v) is 11.1. The van der Waals surface area contributed by atoms with Gasteiger partial charge in [-0.3, -0.25) is 9.88 Å². The molecule has 1 spiro atoms. The molecule has 0 amide bonds. The fourth-order valence-corrected chi connectivity index (χ4v) is 6.55. The maximum atomic E-state index is 9.52. The lowest BCUT2D eigenvalue weighted by molar-refractivity contribution is -0.0329. The van der Waals surface area contributed by atoms with E-state index in [2.05, 4.69) is 68.3 Å². The smallest absolute Gasteiger partial charge is 0.101 e. The van der Waals surface area contributed by atoms with E-state index in [-0.39, 0.29) is 12.2 Å². The second kappa shape index (κ2) is 8.45. The van der Waals surface area contributed by atoms with Gasteiger partial charge in [0.25, 0.3) is 0 Å². The molecule has 7 rings (SSSR count). The van der Waals surface area contributed by atoms with Crippen molar-refractivity contribution in [2.45, 2.75) is 44.2 Å². The highest BCUT2D eigenvalue weighted by molar-refractivity contribution is 5.95. The monoisotopic (exact) mass is 480 g/mol. The largest absolute Gasteiger partial charge is 0.370 e. The number of nitriles is 1. The van der Waals surface area contributed by atoms with Gasteiger partial charge in [0, 0.05) is 68.8 Å². The van der Waals surface area contributed by atoms with Crippen LogP contribution in [0.5, 0.6) is 0 Å². The number of pyridine rings is 1. The van der Waals surface area contributed by atoms with Crippen LogP contribution in [0, 0.1) is 11.3 Å². The minimum Gasteiger partial charge on any atom is -0.370 e. The number of anilines is 2. The SMILES string of the molecule is C[C@@H]1CN(c2ccc(C#N)c3ncccc23)C[C@H](CN2Cc3ccc(N4CC5(CCN5)C4)cc3C2)O1. The van der Waals surface area contributed by atoms with E-state index < -0.39 is 0 Å². The van der Waals surface area contributed by atoms with Crippen molar-refractivity contribution in [2.75, 3.05) is 49.1 Å². The Kier molecular flexibility index (Phi) is 5.17. The first-order valence-corrected chi connectivity index (χ1v) is 13.1. The van der Waals surface area contributed by atoms with Gasteiger partial charge in [-0.2, -0.15) is 5.26 Å². The molecular formula is C29H32N6O. The van der Waals surface area contributed by atoms with Crippen molar-refractivity contribution in [2.24, 2.45) is 0 Å². The Morgan fingerprint density at radius 3 is 2.78 bits per heavy atom. The molecule has 3 fully saturated rings. The number of hydrogen-bond donors (Lipinski definition) is 1. The van der Waals surface area contributed by atoms with Gasteiger partial charge in [-0.05, 0) is 67.4 Å². The zero-order valence-corrected chi connectivity index (χ0v) is 20.8. The summed E-state index contributed by atoms with van der Waals surface area (Å²) in [6.07, 6.45) is 3.35. The lowest BCUT2D eigenvalue weighted by atomic mass is 9.80. The summed E-state index contributed by atoms with van der Waals surface area (Å²) in [5.74, 6) is 0. The number of rotatable bonds is 4. The molecule has 7 nitrogen and oxygen atoms in total. The first-order chi connectivity index (χ1) is 17.6. The van der Waals surface area contributed by atoms with Crippen LogP contribution in [-0.2, 0) is 17.8 Å². The van der Waals surface area contributed by atoms with E-state index in [9.17, 15) is 5.26 Å². The third kappa shape index (κ3) is 3.72. The summed E-state index contributed by atoms with van der Waals surface area (Å²) < 4.78 is 6.42. The van der Waals surface area contributed by atoms with Gasteiger partial charge in [0.1, 0.15) is 6.07 Å². The van der Waals surface area contributed by atoms with Gasteiger partial charge in [-0.1, -0.05) is 6.07 Å². The molecule has 36 heavy (non-hydrogen) atoms. The molecule has 0 bridgehead atoms. The molecule has 2 aromatic carbocycles. The quantitative estimate of drug-likeness (QED) is 0.615. The highest BCUT2D eigenvalue weighted by Gasteiger charge is 2.47. The number of hydrogen-bond acceptors (Lipinski definition) is 7. The van der Waals surface area contributed by atoms with Crippen molar-refractivity contribution >= 4 is 22.3 Å². The summed E-state index contributed by atoms with van der Waals surface area (Å²) in [4.78, 5) is 12.0. The normalized spacial score (nSPS) is 24.9. The molecule has 3 saturated heterocycles. The van der Waals surface area contributed by atoms with Crippen molar-refractivity contribution < 1.29 is 4.74 Å². The van der Waals surface area contributed by atoms with Crippen molar-refractivity contribution in [3.05, 3.63) is 65.4 Å². The Morgan fingerprint density at radius 1 is 1.11 bits per heavy atom. The molecule has 5 heterocycles. The predicted octanol–water partition coefficient (Wildman–Crippen LogP) is 3.27. The standard InChI is InChI=1S/C29H32N6O/c1-20-13-34(27-7-5-21(12-30)28-26(27)3-2-9-31-28)17-25(36-20)16-33-14-22-4-6-24(11-23(22)15-33)35-18-29(19-35)8-10-32-29/h2-7,9,11,20,25,32H,8,10,13-19H2,1H3/t20-,25+/m1/s1. The van der Waals surface area contributed by atoms with Crippen LogP contribution in [0.2, 0.25) is 0 Å². The van der Waals surface area contributed by atoms with Crippen LogP contribution in [0.25, 0.3) is 10.9 Å². The Balaban J connectivity index is 1.04. The Hall–Kier alpha value is -3.18. The number of benzene rings is 2. The number of ether oxygens (including phenoxy) is 1. The zero-order chi connectivity index (χ0) is 24.3. The van der Waals surface area contributed by atoms with Crippen LogP contribution in [0.1, 0.15) is 30.0 Å². The van der Waals surface area contributed by atoms with Crippen LogP contribution in [0.4, 0.5) is 11.4 Å². The van der Waals surface area contributed by atoms with Crippen molar-refractivity contribution in [3.63, 3.8) is 0 Å². The van der Waals surface area contributed by atoms with Gasteiger partial charge in [0.15, 0.2) is 0 Å². The van der Waals surface area contributed by atoms with Gasteiger partial charge < -0.3 is 19.9 Å². The van der Waals surface area contributed by atoms with Gasteiger partial charge in [-0.15, -0.1) is 0 Å². The highest BCUT2D eigenvalue weighted by Crippen LogP contribution is 2.36. The second-order valence-electron chi connectivity index (χ2n) is 11.1. The van der Waals surface area contributed by atoms with Gasteiger partial charge >= 0.3 is 0 Å². The van der Waals surface area contributed by atoms with E-state index in [0.717, 1.165) is 62.4 Å². The molecule has 0 radical (unpaired) electrons. The average Bonchev–Trinajstić information content (AvgIpc) is 3.22. The average molecular weight is 481 g/mol. The maximum absolute atomic E-state index is 9.52. The summed E-state index contributed by atoms with van der Waals surface area (Å²) >= 11 is 0. The van der Waals surface area contributed by atoms with Gasteiger partial charge in [-0.25, -0.2) is 0 Å². The van der Waals surface area contributed by atoms with Crippen LogP contribution in [-0.4, -0.2) is 66.9 Å². The molecule has 2 atom stereocenters. The lowest BCUT2D eigenvalue weighted by Crippen LogP contribution is -2.75. The van der Waals surface area contributed by atoms with Crippen LogP contribution >= 0.6 is 0 Å². The molecule has 3 aromatic rings. The first kappa shape index (κ1) is 22.1. The molecule has 184 valence electrons. The lowest BCUT2D eigenvalue weighted by Gasteiger charge is -2.57.